The van der Waals surface area contributed by atoms with E-state index in [1.54, 1.807) is 19.1 Å². The molecule has 0 bridgehead atoms. The molecule has 1 amide bonds. The van der Waals surface area contributed by atoms with Crippen LogP contribution in [0.1, 0.15) is 31.9 Å². The highest BCUT2D eigenvalue weighted by Gasteiger charge is 2.24. The first-order valence-electron chi connectivity index (χ1n) is 6.90. The highest BCUT2D eigenvalue weighted by Crippen LogP contribution is 2.26. The summed E-state index contributed by atoms with van der Waals surface area (Å²) >= 11 is 0. The molecule has 2 rings (SSSR count). The molecule has 0 aliphatic carbocycles. The number of piperazine rings is 1. The van der Waals surface area contributed by atoms with E-state index in [-0.39, 0.29) is 5.91 Å². The van der Waals surface area contributed by atoms with E-state index in [4.69, 9.17) is 0 Å². The first-order chi connectivity index (χ1) is 9.11. The third-order valence-electron chi connectivity index (χ3n) is 3.86. The van der Waals surface area contributed by atoms with Crippen LogP contribution in [0, 0.1) is 0 Å². The van der Waals surface area contributed by atoms with Gasteiger partial charge in [-0.1, -0.05) is 19.1 Å². The van der Waals surface area contributed by atoms with E-state index >= 15 is 0 Å². The molecule has 1 aliphatic rings. The maximum atomic E-state index is 11.3. The fraction of sp³-hybridized carbons (Fsp3) is 0.533. The summed E-state index contributed by atoms with van der Waals surface area (Å²) < 4.78 is 0. The van der Waals surface area contributed by atoms with Crippen LogP contribution in [0.4, 0.5) is 0 Å². The van der Waals surface area contributed by atoms with Crippen molar-refractivity contribution < 1.29 is 9.90 Å². The lowest BCUT2D eigenvalue weighted by atomic mass is 10.0. The number of phenols is 1. The van der Waals surface area contributed by atoms with E-state index in [2.05, 4.69) is 11.8 Å². The van der Waals surface area contributed by atoms with Gasteiger partial charge in [0.15, 0.2) is 0 Å². The van der Waals surface area contributed by atoms with Gasteiger partial charge < -0.3 is 10.0 Å². The minimum Gasteiger partial charge on any atom is -0.508 e. The van der Waals surface area contributed by atoms with Gasteiger partial charge in [0.1, 0.15) is 5.75 Å². The van der Waals surface area contributed by atoms with Crippen molar-refractivity contribution in [2.75, 3.05) is 26.2 Å². The normalized spacial score (nSPS) is 18.3. The molecule has 1 heterocycles. The number of rotatable bonds is 3. The minimum absolute atomic E-state index is 0.164. The maximum Gasteiger partial charge on any atom is 0.219 e. The molecule has 0 radical (unpaired) electrons. The molecule has 1 unspecified atom stereocenters. The molecule has 1 fully saturated rings. The summed E-state index contributed by atoms with van der Waals surface area (Å²) in [5.41, 5.74) is 1.23. The second kappa shape index (κ2) is 6.06. The van der Waals surface area contributed by atoms with Crippen molar-refractivity contribution in [1.29, 1.82) is 0 Å². The Balaban J connectivity index is 2.03. The summed E-state index contributed by atoms with van der Waals surface area (Å²) in [6.07, 6.45) is 1.03. The molecule has 0 spiro atoms. The van der Waals surface area contributed by atoms with Crippen LogP contribution < -0.4 is 0 Å². The Morgan fingerprint density at radius 1 is 1.21 bits per heavy atom. The molecule has 4 nitrogen and oxygen atoms in total. The molecule has 4 heteroatoms. The van der Waals surface area contributed by atoms with Crippen molar-refractivity contribution in [2.24, 2.45) is 0 Å². The molecule has 1 saturated heterocycles. The number of benzene rings is 1. The minimum atomic E-state index is 0.164. The molecule has 0 saturated carbocycles. The quantitative estimate of drug-likeness (QED) is 0.906. The van der Waals surface area contributed by atoms with Gasteiger partial charge in [0.25, 0.3) is 0 Å². The summed E-state index contributed by atoms with van der Waals surface area (Å²) in [4.78, 5) is 15.7. The van der Waals surface area contributed by atoms with Crippen LogP contribution in [0.25, 0.3) is 0 Å². The van der Waals surface area contributed by atoms with Crippen LogP contribution in [-0.4, -0.2) is 47.0 Å². The summed E-state index contributed by atoms with van der Waals surface area (Å²) in [7, 11) is 0. The first-order valence-corrected chi connectivity index (χ1v) is 6.90. The monoisotopic (exact) mass is 262 g/mol. The van der Waals surface area contributed by atoms with E-state index in [0.29, 0.717) is 11.8 Å². The molecule has 1 aliphatic heterocycles. The maximum absolute atomic E-state index is 11.3. The van der Waals surface area contributed by atoms with Crippen molar-refractivity contribution in [1.82, 2.24) is 9.80 Å². The standard InChI is InChI=1S/C15H22N2O2/c1-3-15(13-4-6-14(19)7-5-13)17-10-8-16(9-11-17)12(2)18/h4-7,15,19H,3,8-11H2,1-2H3. The average Bonchev–Trinajstić information content (AvgIpc) is 2.42. The Kier molecular flexibility index (Phi) is 4.43. The number of hydrogen-bond acceptors (Lipinski definition) is 3. The van der Waals surface area contributed by atoms with E-state index in [1.165, 1.54) is 5.56 Å². The third kappa shape index (κ3) is 3.26. The lowest BCUT2D eigenvalue weighted by Crippen LogP contribution is -2.49. The van der Waals surface area contributed by atoms with Gasteiger partial charge in [-0.05, 0) is 24.1 Å². The van der Waals surface area contributed by atoms with E-state index in [0.717, 1.165) is 32.6 Å². The Morgan fingerprint density at radius 3 is 2.26 bits per heavy atom. The number of carbonyl (C=O) groups is 1. The lowest BCUT2D eigenvalue weighted by molar-refractivity contribution is -0.130. The number of phenolic OH excluding ortho intramolecular Hbond substituents is 1. The second-order valence-electron chi connectivity index (χ2n) is 5.06. The number of hydrogen-bond donors (Lipinski definition) is 1. The van der Waals surface area contributed by atoms with Gasteiger partial charge in [0, 0.05) is 39.1 Å². The SMILES string of the molecule is CCC(c1ccc(O)cc1)N1CCN(C(C)=O)CC1. The number of carbonyl (C=O) groups excluding carboxylic acids is 1. The summed E-state index contributed by atoms with van der Waals surface area (Å²) in [6.45, 7) is 7.26. The Morgan fingerprint density at radius 2 is 1.79 bits per heavy atom. The topological polar surface area (TPSA) is 43.8 Å². The van der Waals surface area contributed by atoms with E-state index < -0.39 is 0 Å². The van der Waals surface area contributed by atoms with Crippen molar-refractivity contribution in [3.05, 3.63) is 29.8 Å². The third-order valence-corrected chi connectivity index (χ3v) is 3.86. The fourth-order valence-electron chi connectivity index (χ4n) is 2.75. The van der Waals surface area contributed by atoms with E-state index in [9.17, 15) is 9.90 Å². The van der Waals surface area contributed by atoms with Crippen LogP contribution in [0.2, 0.25) is 0 Å². The lowest BCUT2D eigenvalue weighted by Gasteiger charge is -2.39. The zero-order chi connectivity index (χ0) is 13.8. The van der Waals surface area contributed by atoms with Crippen LogP contribution in [-0.2, 0) is 4.79 Å². The van der Waals surface area contributed by atoms with Gasteiger partial charge in [0.05, 0.1) is 0 Å². The summed E-state index contributed by atoms with van der Waals surface area (Å²) in [6, 6.07) is 7.82. The average molecular weight is 262 g/mol. The molecule has 0 aromatic heterocycles. The van der Waals surface area contributed by atoms with Crippen LogP contribution in [0.5, 0.6) is 5.75 Å². The first kappa shape index (κ1) is 13.9. The zero-order valence-corrected chi connectivity index (χ0v) is 11.7. The second-order valence-corrected chi connectivity index (χ2v) is 5.06. The highest BCUT2D eigenvalue weighted by molar-refractivity contribution is 5.73. The molecular formula is C15H22N2O2. The van der Waals surface area contributed by atoms with Crippen molar-refractivity contribution >= 4 is 5.91 Å². The predicted octanol–water partition coefficient (Wildman–Crippen LogP) is 2.01. The van der Waals surface area contributed by atoms with Crippen LogP contribution >= 0.6 is 0 Å². The number of nitrogens with zero attached hydrogens (tertiary/aromatic N) is 2. The van der Waals surface area contributed by atoms with Crippen LogP contribution in [0.15, 0.2) is 24.3 Å². The van der Waals surface area contributed by atoms with Crippen molar-refractivity contribution in [3.63, 3.8) is 0 Å². The zero-order valence-electron chi connectivity index (χ0n) is 11.7. The Bertz CT molecular complexity index is 422. The molecule has 19 heavy (non-hydrogen) atoms. The molecular weight excluding hydrogens is 240 g/mol. The molecule has 1 aromatic rings. The molecule has 1 aromatic carbocycles. The van der Waals surface area contributed by atoms with Gasteiger partial charge in [-0.2, -0.15) is 0 Å². The fourth-order valence-corrected chi connectivity index (χ4v) is 2.75. The highest BCUT2D eigenvalue weighted by atomic mass is 16.3. The van der Waals surface area contributed by atoms with Crippen LogP contribution in [0.3, 0.4) is 0 Å². The van der Waals surface area contributed by atoms with Gasteiger partial charge in [-0.3, -0.25) is 9.69 Å². The Hall–Kier alpha value is -1.55. The largest absolute Gasteiger partial charge is 0.508 e. The van der Waals surface area contributed by atoms with Gasteiger partial charge in [0.2, 0.25) is 5.91 Å². The Labute approximate surface area is 114 Å². The predicted molar refractivity (Wildman–Crippen MR) is 75.0 cm³/mol. The summed E-state index contributed by atoms with van der Waals surface area (Å²) in [5, 5.41) is 9.36. The molecule has 104 valence electrons. The molecule has 1 N–H and O–H groups in total. The van der Waals surface area contributed by atoms with Crippen molar-refractivity contribution in [2.45, 2.75) is 26.3 Å². The van der Waals surface area contributed by atoms with Gasteiger partial charge >= 0.3 is 0 Å². The van der Waals surface area contributed by atoms with Gasteiger partial charge in [-0.25, -0.2) is 0 Å². The summed E-state index contributed by atoms with van der Waals surface area (Å²) in [5.74, 6) is 0.470. The van der Waals surface area contributed by atoms with Gasteiger partial charge in [-0.15, -0.1) is 0 Å². The van der Waals surface area contributed by atoms with E-state index in [1.807, 2.05) is 17.0 Å². The smallest absolute Gasteiger partial charge is 0.219 e. The number of amides is 1. The molecule has 1 atom stereocenters. The van der Waals surface area contributed by atoms with Crippen molar-refractivity contribution in [3.8, 4) is 5.75 Å². The number of aromatic hydroxyl groups is 1.